The smallest absolute Gasteiger partial charge is 0.119 e. The van der Waals surface area contributed by atoms with Gasteiger partial charge in [-0.1, -0.05) is 19.1 Å². The van der Waals surface area contributed by atoms with Gasteiger partial charge in [0.15, 0.2) is 0 Å². The van der Waals surface area contributed by atoms with E-state index < -0.39 is 0 Å². The molecule has 1 fully saturated rings. The lowest BCUT2D eigenvalue weighted by Crippen LogP contribution is -2.36. The third-order valence-electron chi connectivity index (χ3n) is 3.41. The summed E-state index contributed by atoms with van der Waals surface area (Å²) in [5, 5.41) is 0. The molecule has 0 bridgehead atoms. The summed E-state index contributed by atoms with van der Waals surface area (Å²) >= 11 is 0. The van der Waals surface area contributed by atoms with E-state index >= 15 is 0 Å². The van der Waals surface area contributed by atoms with E-state index in [1.165, 1.54) is 18.5 Å². The Morgan fingerprint density at radius 1 is 1.26 bits per heavy atom. The van der Waals surface area contributed by atoms with Gasteiger partial charge in [0.05, 0.1) is 19.8 Å². The molecule has 1 aliphatic heterocycles. The van der Waals surface area contributed by atoms with Crippen LogP contribution in [0.15, 0.2) is 24.3 Å². The van der Waals surface area contributed by atoms with E-state index in [0.29, 0.717) is 0 Å². The zero-order chi connectivity index (χ0) is 13.3. The van der Waals surface area contributed by atoms with Gasteiger partial charge >= 0.3 is 0 Å². The Morgan fingerprint density at radius 2 is 2.11 bits per heavy atom. The summed E-state index contributed by atoms with van der Waals surface area (Å²) in [7, 11) is 0. The molecule has 0 spiro atoms. The van der Waals surface area contributed by atoms with Gasteiger partial charge in [0.1, 0.15) is 5.75 Å². The van der Waals surface area contributed by atoms with Crippen LogP contribution in [0.4, 0.5) is 0 Å². The molecule has 0 N–H and O–H groups in total. The maximum absolute atomic E-state index is 5.67. The number of hydrogen-bond acceptors (Lipinski definition) is 3. The van der Waals surface area contributed by atoms with Crippen LogP contribution in [0.2, 0.25) is 0 Å². The first-order chi connectivity index (χ1) is 9.38. The largest absolute Gasteiger partial charge is 0.494 e. The first-order valence-electron chi connectivity index (χ1n) is 7.40. The minimum atomic E-state index is 0.803. The van der Waals surface area contributed by atoms with Crippen LogP contribution in [0.3, 0.4) is 0 Å². The van der Waals surface area contributed by atoms with Crippen LogP contribution in [-0.2, 0) is 11.2 Å². The van der Waals surface area contributed by atoms with Gasteiger partial charge in [0.2, 0.25) is 0 Å². The second-order valence-corrected chi connectivity index (χ2v) is 5.05. The Hall–Kier alpha value is -1.06. The van der Waals surface area contributed by atoms with Crippen molar-refractivity contribution in [2.24, 2.45) is 0 Å². The van der Waals surface area contributed by atoms with Crippen molar-refractivity contribution in [1.82, 2.24) is 4.90 Å². The highest BCUT2D eigenvalue weighted by Crippen LogP contribution is 2.15. The van der Waals surface area contributed by atoms with Crippen LogP contribution < -0.4 is 4.74 Å². The number of ether oxygens (including phenoxy) is 2. The molecule has 0 radical (unpaired) electrons. The molecule has 2 rings (SSSR count). The highest BCUT2D eigenvalue weighted by atomic mass is 16.5. The summed E-state index contributed by atoms with van der Waals surface area (Å²) in [6, 6.07) is 8.50. The quantitative estimate of drug-likeness (QED) is 0.755. The monoisotopic (exact) mass is 263 g/mol. The fraction of sp³-hybridized carbons (Fsp3) is 0.625. The van der Waals surface area contributed by atoms with Gasteiger partial charge < -0.3 is 9.47 Å². The van der Waals surface area contributed by atoms with Gasteiger partial charge in [-0.3, -0.25) is 4.90 Å². The molecule has 19 heavy (non-hydrogen) atoms. The van der Waals surface area contributed by atoms with E-state index in [-0.39, 0.29) is 0 Å². The van der Waals surface area contributed by atoms with Crippen molar-refractivity contribution >= 4 is 0 Å². The molecular weight excluding hydrogens is 238 g/mol. The van der Waals surface area contributed by atoms with Crippen molar-refractivity contribution in [3.63, 3.8) is 0 Å². The van der Waals surface area contributed by atoms with Crippen LogP contribution in [0.5, 0.6) is 5.75 Å². The molecule has 1 heterocycles. The number of rotatable bonds is 7. The Bertz CT molecular complexity index is 362. The molecule has 106 valence electrons. The molecule has 0 unspecified atom stereocenters. The predicted octanol–water partition coefficient (Wildman–Crippen LogP) is 2.74. The summed E-state index contributed by atoms with van der Waals surface area (Å²) in [6.07, 6.45) is 3.39. The minimum absolute atomic E-state index is 0.803. The molecule has 1 aliphatic rings. The van der Waals surface area contributed by atoms with Gasteiger partial charge in [-0.15, -0.1) is 0 Å². The summed E-state index contributed by atoms with van der Waals surface area (Å²) in [4.78, 5) is 2.49. The number of morpholine rings is 1. The summed E-state index contributed by atoms with van der Waals surface area (Å²) < 4.78 is 11.0. The number of nitrogens with zero attached hydrogens (tertiary/aromatic N) is 1. The molecular formula is C16H25NO2. The number of aryl methyl sites for hydroxylation is 1. The highest BCUT2D eigenvalue weighted by molar-refractivity contribution is 5.28. The first-order valence-corrected chi connectivity index (χ1v) is 7.40. The van der Waals surface area contributed by atoms with E-state index in [1.54, 1.807) is 0 Å². The molecule has 0 aliphatic carbocycles. The van der Waals surface area contributed by atoms with Crippen molar-refractivity contribution in [3.05, 3.63) is 29.8 Å². The fourth-order valence-corrected chi connectivity index (χ4v) is 2.34. The van der Waals surface area contributed by atoms with Gasteiger partial charge in [-0.2, -0.15) is 0 Å². The van der Waals surface area contributed by atoms with Crippen LogP contribution in [0, 0.1) is 0 Å². The molecule has 1 saturated heterocycles. The second kappa shape index (κ2) is 8.18. The van der Waals surface area contributed by atoms with Gasteiger partial charge in [0.25, 0.3) is 0 Å². The standard InChI is InChI=1S/C16H25NO2/c1-2-11-19-16-7-3-5-15(14-16)6-4-8-17-9-12-18-13-10-17/h3,5,7,14H,2,4,6,8-13H2,1H3. The Morgan fingerprint density at radius 3 is 2.89 bits per heavy atom. The SMILES string of the molecule is CCCOc1cccc(CCCN2CCOCC2)c1. The lowest BCUT2D eigenvalue weighted by molar-refractivity contribution is 0.0374. The predicted molar refractivity (Wildman–Crippen MR) is 77.8 cm³/mol. The Balaban J connectivity index is 1.72. The Kier molecular flexibility index (Phi) is 6.18. The van der Waals surface area contributed by atoms with Crippen LogP contribution in [0.25, 0.3) is 0 Å². The van der Waals surface area contributed by atoms with Crippen molar-refractivity contribution in [2.75, 3.05) is 39.5 Å². The zero-order valence-corrected chi connectivity index (χ0v) is 11.9. The average Bonchev–Trinajstić information content (AvgIpc) is 2.47. The average molecular weight is 263 g/mol. The molecule has 1 aromatic rings. The third-order valence-corrected chi connectivity index (χ3v) is 3.41. The fourth-order valence-electron chi connectivity index (χ4n) is 2.34. The molecule has 0 atom stereocenters. The van der Waals surface area contributed by atoms with Crippen molar-refractivity contribution < 1.29 is 9.47 Å². The molecule has 0 aromatic heterocycles. The van der Waals surface area contributed by atoms with Gasteiger partial charge in [-0.05, 0) is 43.5 Å². The second-order valence-electron chi connectivity index (χ2n) is 5.05. The summed E-state index contributed by atoms with van der Waals surface area (Å²) in [5.74, 6) is 1.01. The molecule has 0 saturated carbocycles. The maximum Gasteiger partial charge on any atom is 0.119 e. The van der Waals surface area contributed by atoms with Crippen molar-refractivity contribution in [2.45, 2.75) is 26.2 Å². The molecule has 0 amide bonds. The van der Waals surface area contributed by atoms with E-state index in [2.05, 4.69) is 30.0 Å². The normalized spacial score (nSPS) is 16.5. The van der Waals surface area contributed by atoms with Gasteiger partial charge in [0, 0.05) is 13.1 Å². The first kappa shape index (κ1) is 14.4. The van der Waals surface area contributed by atoms with Crippen LogP contribution in [-0.4, -0.2) is 44.4 Å². The van der Waals surface area contributed by atoms with Crippen molar-refractivity contribution in [3.8, 4) is 5.75 Å². The lowest BCUT2D eigenvalue weighted by atomic mass is 10.1. The molecule has 1 aromatic carbocycles. The molecule has 3 nitrogen and oxygen atoms in total. The van der Waals surface area contributed by atoms with Gasteiger partial charge in [-0.25, -0.2) is 0 Å². The highest BCUT2D eigenvalue weighted by Gasteiger charge is 2.09. The Labute approximate surface area is 116 Å². The van der Waals surface area contributed by atoms with E-state index in [4.69, 9.17) is 9.47 Å². The lowest BCUT2D eigenvalue weighted by Gasteiger charge is -2.26. The van der Waals surface area contributed by atoms with Crippen LogP contribution >= 0.6 is 0 Å². The zero-order valence-electron chi connectivity index (χ0n) is 11.9. The number of hydrogen-bond donors (Lipinski definition) is 0. The van der Waals surface area contributed by atoms with Crippen LogP contribution in [0.1, 0.15) is 25.3 Å². The summed E-state index contributed by atoms with van der Waals surface area (Å²) in [6.45, 7) is 8.05. The minimum Gasteiger partial charge on any atom is -0.494 e. The topological polar surface area (TPSA) is 21.7 Å². The van der Waals surface area contributed by atoms with E-state index in [9.17, 15) is 0 Å². The third kappa shape index (κ3) is 5.21. The van der Waals surface area contributed by atoms with E-state index in [0.717, 1.165) is 51.5 Å². The number of benzene rings is 1. The maximum atomic E-state index is 5.67. The van der Waals surface area contributed by atoms with E-state index in [1.807, 2.05) is 6.07 Å². The van der Waals surface area contributed by atoms with Crippen molar-refractivity contribution in [1.29, 1.82) is 0 Å². The summed E-state index contributed by atoms with van der Waals surface area (Å²) in [5.41, 5.74) is 1.38. The molecule has 3 heteroatoms.